The molecule has 0 saturated heterocycles. The zero-order valence-electron chi connectivity index (χ0n) is 14.0. The van der Waals surface area contributed by atoms with Gasteiger partial charge in [-0.15, -0.1) is 0 Å². The number of rotatable bonds is 6. The van der Waals surface area contributed by atoms with Gasteiger partial charge in [0.2, 0.25) is 5.91 Å². The van der Waals surface area contributed by atoms with E-state index in [1.54, 1.807) is 24.3 Å². The topological polar surface area (TPSA) is 92.7 Å². The standard InChI is InChI=1S/C19H21NO5/c1-2-9-25-19(24)11-5-7-14(8-6-11)20-17(21)15-12-3-4-13(10-12)16(15)18(22)23/h3-8,12-13,15-16H,2,9-10H2,1H3,(H,20,21)(H,22,23)/t12-,13-,15+,16+/m1/s1. The van der Waals surface area contributed by atoms with E-state index in [1.165, 1.54) is 0 Å². The average molecular weight is 343 g/mol. The summed E-state index contributed by atoms with van der Waals surface area (Å²) >= 11 is 0. The molecule has 4 atom stereocenters. The summed E-state index contributed by atoms with van der Waals surface area (Å²) in [5.41, 5.74) is 0.950. The molecular formula is C19H21NO5. The number of hydrogen-bond donors (Lipinski definition) is 2. The van der Waals surface area contributed by atoms with Crippen LogP contribution in [0.25, 0.3) is 0 Å². The molecule has 0 radical (unpaired) electrons. The molecule has 1 fully saturated rings. The van der Waals surface area contributed by atoms with Crippen LogP contribution >= 0.6 is 0 Å². The Balaban J connectivity index is 1.66. The number of fused-ring (bicyclic) bond motifs is 2. The number of amides is 1. The molecule has 2 N–H and O–H groups in total. The third kappa shape index (κ3) is 3.43. The SMILES string of the molecule is CCCOC(=O)c1ccc(NC(=O)[C@@H]2[C@@H](C(=O)O)[C@@H]3C=C[C@@H]2C3)cc1. The van der Waals surface area contributed by atoms with Crippen molar-refractivity contribution in [1.82, 2.24) is 0 Å². The van der Waals surface area contributed by atoms with Crippen molar-refractivity contribution in [2.45, 2.75) is 19.8 Å². The molecule has 2 aliphatic carbocycles. The molecule has 1 amide bonds. The third-order valence-corrected chi connectivity index (χ3v) is 4.87. The lowest BCUT2D eigenvalue weighted by molar-refractivity contribution is -0.146. The first-order chi connectivity index (χ1) is 12.0. The van der Waals surface area contributed by atoms with Gasteiger partial charge in [0.25, 0.3) is 0 Å². The van der Waals surface area contributed by atoms with E-state index in [2.05, 4.69) is 5.32 Å². The fourth-order valence-corrected chi connectivity index (χ4v) is 3.71. The van der Waals surface area contributed by atoms with E-state index in [9.17, 15) is 19.5 Å². The molecule has 0 spiro atoms. The van der Waals surface area contributed by atoms with Crippen LogP contribution in [0.2, 0.25) is 0 Å². The Morgan fingerprint density at radius 2 is 1.76 bits per heavy atom. The van der Waals surface area contributed by atoms with Crippen molar-refractivity contribution in [3.63, 3.8) is 0 Å². The number of ether oxygens (including phenoxy) is 1. The number of carboxylic acids is 1. The minimum absolute atomic E-state index is 0.0191. The minimum atomic E-state index is -0.925. The van der Waals surface area contributed by atoms with Crippen molar-refractivity contribution in [3.8, 4) is 0 Å². The van der Waals surface area contributed by atoms with Crippen molar-refractivity contribution in [2.24, 2.45) is 23.7 Å². The van der Waals surface area contributed by atoms with Gasteiger partial charge in [-0.1, -0.05) is 19.1 Å². The second-order valence-corrected chi connectivity index (χ2v) is 6.54. The first kappa shape index (κ1) is 17.2. The highest BCUT2D eigenvalue weighted by Crippen LogP contribution is 2.48. The summed E-state index contributed by atoms with van der Waals surface area (Å²) in [5, 5.41) is 12.2. The molecule has 1 aromatic carbocycles. The molecule has 132 valence electrons. The lowest BCUT2D eigenvalue weighted by Gasteiger charge is -2.23. The van der Waals surface area contributed by atoms with E-state index in [1.807, 2.05) is 19.1 Å². The number of benzene rings is 1. The number of aliphatic carboxylic acids is 1. The van der Waals surface area contributed by atoms with E-state index in [0.717, 1.165) is 12.8 Å². The van der Waals surface area contributed by atoms with Crippen LogP contribution in [0.15, 0.2) is 36.4 Å². The van der Waals surface area contributed by atoms with E-state index in [-0.39, 0.29) is 17.7 Å². The Kier molecular flexibility index (Phi) is 4.88. The first-order valence-electron chi connectivity index (χ1n) is 8.50. The van der Waals surface area contributed by atoms with Crippen LogP contribution < -0.4 is 5.32 Å². The van der Waals surface area contributed by atoms with E-state index < -0.39 is 23.8 Å². The number of carbonyl (C=O) groups is 3. The maximum atomic E-state index is 12.6. The van der Waals surface area contributed by atoms with Crippen LogP contribution in [0.4, 0.5) is 5.69 Å². The molecule has 0 aromatic heterocycles. The van der Waals surface area contributed by atoms with Crippen LogP contribution in [-0.2, 0) is 14.3 Å². The fourth-order valence-electron chi connectivity index (χ4n) is 3.71. The number of carboxylic acid groups (broad SMARTS) is 1. The first-order valence-corrected chi connectivity index (χ1v) is 8.50. The van der Waals surface area contributed by atoms with Gasteiger partial charge in [0.1, 0.15) is 0 Å². The van der Waals surface area contributed by atoms with E-state index in [0.29, 0.717) is 17.9 Å². The Bertz CT molecular complexity index is 709. The molecule has 2 bridgehead atoms. The van der Waals surface area contributed by atoms with E-state index in [4.69, 9.17) is 4.74 Å². The van der Waals surface area contributed by atoms with Crippen LogP contribution in [0.1, 0.15) is 30.1 Å². The molecule has 3 rings (SSSR count). The molecule has 0 aliphatic heterocycles. The molecule has 1 saturated carbocycles. The van der Waals surface area contributed by atoms with Crippen LogP contribution in [0.5, 0.6) is 0 Å². The van der Waals surface area contributed by atoms with Crippen molar-refractivity contribution in [2.75, 3.05) is 11.9 Å². The summed E-state index contributed by atoms with van der Waals surface area (Å²) in [5.74, 6) is -2.91. The largest absolute Gasteiger partial charge is 0.481 e. The highest BCUT2D eigenvalue weighted by molar-refractivity contribution is 5.97. The molecule has 1 aromatic rings. The summed E-state index contributed by atoms with van der Waals surface area (Å²) in [6.07, 6.45) is 5.32. The second-order valence-electron chi connectivity index (χ2n) is 6.54. The average Bonchev–Trinajstić information content (AvgIpc) is 3.21. The predicted octanol–water partition coefficient (Wildman–Crippen LogP) is 2.71. The van der Waals surface area contributed by atoms with Crippen molar-refractivity contribution in [1.29, 1.82) is 0 Å². The summed E-state index contributed by atoms with van der Waals surface area (Å²) in [6, 6.07) is 6.42. The number of esters is 1. The molecule has 0 heterocycles. The summed E-state index contributed by atoms with van der Waals surface area (Å²) < 4.78 is 5.05. The number of nitrogens with one attached hydrogen (secondary N) is 1. The Morgan fingerprint density at radius 1 is 1.12 bits per heavy atom. The fraction of sp³-hybridized carbons (Fsp3) is 0.421. The van der Waals surface area contributed by atoms with Gasteiger partial charge in [-0.3, -0.25) is 9.59 Å². The van der Waals surface area contributed by atoms with E-state index >= 15 is 0 Å². The van der Waals surface area contributed by atoms with Gasteiger partial charge in [0, 0.05) is 5.69 Å². The quantitative estimate of drug-likeness (QED) is 0.612. The molecule has 2 aliphatic rings. The second kappa shape index (κ2) is 7.09. The van der Waals surface area contributed by atoms with Gasteiger partial charge in [-0.2, -0.15) is 0 Å². The molecular weight excluding hydrogens is 322 g/mol. The maximum Gasteiger partial charge on any atom is 0.338 e. The van der Waals surface area contributed by atoms with Crippen LogP contribution in [0.3, 0.4) is 0 Å². The van der Waals surface area contributed by atoms with Gasteiger partial charge < -0.3 is 15.2 Å². The normalized spacial score (nSPS) is 26.4. The number of anilines is 1. The summed E-state index contributed by atoms with van der Waals surface area (Å²) in [4.78, 5) is 35.8. The Morgan fingerprint density at radius 3 is 2.36 bits per heavy atom. The molecule has 6 heteroatoms. The van der Waals surface area contributed by atoms with Crippen molar-refractivity contribution >= 4 is 23.5 Å². The Labute approximate surface area is 145 Å². The van der Waals surface area contributed by atoms with Gasteiger partial charge in [-0.25, -0.2) is 4.79 Å². The van der Waals surface area contributed by atoms with Gasteiger partial charge >= 0.3 is 11.9 Å². The predicted molar refractivity (Wildman–Crippen MR) is 91.0 cm³/mol. The van der Waals surface area contributed by atoms with Crippen LogP contribution in [0, 0.1) is 23.7 Å². The lowest BCUT2D eigenvalue weighted by atomic mass is 9.82. The number of allylic oxidation sites excluding steroid dienone is 2. The monoisotopic (exact) mass is 343 g/mol. The van der Waals surface area contributed by atoms with Crippen LogP contribution in [-0.4, -0.2) is 29.6 Å². The molecule has 6 nitrogen and oxygen atoms in total. The highest BCUT2D eigenvalue weighted by Gasteiger charge is 2.51. The minimum Gasteiger partial charge on any atom is -0.481 e. The summed E-state index contributed by atoms with van der Waals surface area (Å²) in [7, 11) is 0. The number of hydrogen-bond acceptors (Lipinski definition) is 4. The highest BCUT2D eigenvalue weighted by atomic mass is 16.5. The zero-order valence-corrected chi connectivity index (χ0v) is 14.0. The third-order valence-electron chi connectivity index (χ3n) is 4.87. The van der Waals surface area contributed by atoms with Crippen molar-refractivity contribution < 1.29 is 24.2 Å². The molecule has 0 unspecified atom stereocenters. The smallest absolute Gasteiger partial charge is 0.338 e. The van der Waals surface area contributed by atoms with Gasteiger partial charge in [0.15, 0.2) is 0 Å². The Hall–Kier alpha value is -2.63. The van der Waals surface area contributed by atoms with Gasteiger partial charge in [0.05, 0.1) is 24.0 Å². The maximum absolute atomic E-state index is 12.6. The number of carbonyl (C=O) groups excluding carboxylic acids is 2. The zero-order chi connectivity index (χ0) is 18.0. The molecule has 25 heavy (non-hydrogen) atoms. The van der Waals surface area contributed by atoms with Gasteiger partial charge in [-0.05, 0) is 48.9 Å². The lowest BCUT2D eigenvalue weighted by Crippen LogP contribution is -2.36. The summed E-state index contributed by atoms with van der Waals surface area (Å²) in [6.45, 7) is 2.28. The van der Waals surface area contributed by atoms with Crippen molar-refractivity contribution in [3.05, 3.63) is 42.0 Å².